The first-order valence-electron chi connectivity index (χ1n) is 3.70. The lowest BCUT2D eigenvalue weighted by Crippen LogP contribution is -2.12. The number of hydrogen-bond donors (Lipinski definition) is 2. The molecule has 0 spiro atoms. The Morgan fingerprint density at radius 1 is 1.50 bits per heavy atom. The molecule has 0 aromatic carbocycles. The van der Waals surface area contributed by atoms with Crippen LogP contribution in [0, 0.1) is 5.41 Å². The number of nitrogen functional groups attached to an aromatic ring is 1. The fourth-order valence-electron chi connectivity index (χ4n) is 0.907. The van der Waals surface area contributed by atoms with Gasteiger partial charge in [0.2, 0.25) is 0 Å². The summed E-state index contributed by atoms with van der Waals surface area (Å²) < 4.78 is 36.9. The molecule has 0 saturated carbocycles. The van der Waals surface area contributed by atoms with Crippen molar-refractivity contribution in [1.29, 1.82) is 5.41 Å². The molecule has 1 aromatic rings. The fourth-order valence-corrected chi connectivity index (χ4v) is 0.907. The summed E-state index contributed by atoms with van der Waals surface area (Å²) in [5.41, 5.74) is 4.21. The normalized spacial score (nSPS) is 11.4. The van der Waals surface area contributed by atoms with E-state index in [4.69, 9.17) is 11.1 Å². The monoisotopic (exact) mass is 203 g/mol. The second-order valence-corrected chi connectivity index (χ2v) is 2.78. The summed E-state index contributed by atoms with van der Waals surface area (Å²) in [4.78, 5) is 3.38. The molecule has 3 nitrogen and oxygen atoms in total. The Labute approximate surface area is 78.3 Å². The number of rotatable bonds is 1. The van der Waals surface area contributed by atoms with Crippen molar-refractivity contribution in [3.63, 3.8) is 0 Å². The zero-order valence-electron chi connectivity index (χ0n) is 7.31. The van der Waals surface area contributed by atoms with Crippen molar-refractivity contribution in [2.45, 2.75) is 13.1 Å². The van der Waals surface area contributed by atoms with E-state index in [2.05, 4.69) is 4.98 Å². The molecule has 0 atom stereocenters. The Balaban J connectivity index is 3.29. The number of pyridine rings is 1. The van der Waals surface area contributed by atoms with Crippen molar-refractivity contribution in [3.05, 3.63) is 23.4 Å². The fraction of sp³-hybridized carbons (Fsp3) is 0.250. The van der Waals surface area contributed by atoms with Gasteiger partial charge in [-0.05, 0) is 13.0 Å². The van der Waals surface area contributed by atoms with E-state index in [0.29, 0.717) is 0 Å². The van der Waals surface area contributed by atoms with Crippen LogP contribution in [-0.4, -0.2) is 10.7 Å². The van der Waals surface area contributed by atoms with E-state index in [-0.39, 0.29) is 11.3 Å². The molecule has 0 fully saturated rings. The summed E-state index contributed by atoms with van der Waals surface area (Å²) in [6.07, 6.45) is -3.38. The third-order valence-corrected chi connectivity index (χ3v) is 1.66. The second-order valence-electron chi connectivity index (χ2n) is 2.78. The molecule has 0 aliphatic rings. The number of nitrogens with one attached hydrogen (secondary N) is 1. The van der Waals surface area contributed by atoms with Crippen LogP contribution in [-0.2, 0) is 6.18 Å². The lowest BCUT2D eigenvalue weighted by Gasteiger charge is -2.10. The van der Waals surface area contributed by atoms with Gasteiger partial charge in [-0.25, -0.2) is 4.98 Å². The van der Waals surface area contributed by atoms with Gasteiger partial charge in [-0.15, -0.1) is 0 Å². The van der Waals surface area contributed by atoms with Gasteiger partial charge in [-0.1, -0.05) is 0 Å². The standard InChI is InChI=1S/C8H8F3N3/c1-4(12)5-2-6(8(9,10)11)7(13)14-3-5/h2-3,12H,1H3,(H2,13,14). The third kappa shape index (κ3) is 2.01. The predicted octanol–water partition coefficient (Wildman–Crippen LogP) is 2.07. The first-order chi connectivity index (χ1) is 6.32. The molecule has 3 N–H and O–H groups in total. The van der Waals surface area contributed by atoms with Gasteiger partial charge in [0.25, 0.3) is 0 Å². The van der Waals surface area contributed by atoms with Gasteiger partial charge in [-0.2, -0.15) is 13.2 Å². The van der Waals surface area contributed by atoms with E-state index in [1.165, 1.54) is 6.92 Å². The number of nitrogens with two attached hydrogens (primary N) is 1. The average Bonchev–Trinajstić information content (AvgIpc) is 2.02. The minimum atomic E-state index is -4.53. The summed E-state index contributed by atoms with van der Waals surface area (Å²) >= 11 is 0. The molecule has 0 unspecified atom stereocenters. The molecule has 14 heavy (non-hydrogen) atoms. The van der Waals surface area contributed by atoms with Crippen LogP contribution in [0.15, 0.2) is 12.3 Å². The molecule has 1 rings (SSSR count). The van der Waals surface area contributed by atoms with Crippen LogP contribution in [0.2, 0.25) is 0 Å². The molecule has 0 amide bonds. The van der Waals surface area contributed by atoms with E-state index >= 15 is 0 Å². The van der Waals surface area contributed by atoms with Gasteiger partial charge in [0.05, 0.1) is 5.56 Å². The highest BCUT2D eigenvalue weighted by Gasteiger charge is 2.34. The number of anilines is 1. The Kier molecular flexibility index (Phi) is 2.46. The van der Waals surface area contributed by atoms with Crippen LogP contribution >= 0.6 is 0 Å². The van der Waals surface area contributed by atoms with Crippen LogP contribution in [0.3, 0.4) is 0 Å². The molecule has 76 valence electrons. The third-order valence-electron chi connectivity index (χ3n) is 1.66. The van der Waals surface area contributed by atoms with Gasteiger partial charge in [0, 0.05) is 17.5 Å². The molecule has 0 radical (unpaired) electrons. The molecule has 6 heteroatoms. The molecule has 0 saturated heterocycles. The Hall–Kier alpha value is -1.59. The van der Waals surface area contributed by atoms with Crippen molar-refractivity contribution in [2.75, 3.05) is 5.73 Å². The van der Waals surface area contributed by atoms with Crippen LogP contribution in [0.25, 0.3) is 0 Å². The average molecular weight is 203 g/mol. The summed E-state index contributed by atoms with van der Waals surface area (Å²) in [6, 6.07) is 0.824. The summed E-state index contributed by atoms with van der Waals surface area (Å²) in [7, 11) is 0. The molecule has 1 heterocycles. The second kappa shape index (κ2) is 3.28. The van der Waals surface area contributed by atoms with Crippen LogP contribution in [0.1, 0.15) is 18.1 Å². The maximum absolute atomic E-state index is 12.3. The van der Waals surface area contributed by atoms with E-state index in [9.17, 15) is 13.2 Å². The zero-order valence-corrected chi connectivity index (χ0v) is 7.31. The largest absolute Gasteiger partial charge is 0.419 e. The molecule has 0 aliphatic heterocycles. The number of aromatic nitrogens is 1. The quantitative estimate of drug-likeness (QED) is 0.686. The lowest BCUT2D eigenvalue weighted by molar-refractivity contribution is -0.137. The Morgan fingerprint density at radius 2 is 2.07 bits per heavy atom. The summed E-state index contributed by atoms with van der Waals surface area (Å²) in [6.45, 7) is 1.38. The van der Waals surface area contributed by atoms with E-state index in [1.807, 2.05) is 0 Å². The highest BCUT2D eigenvalue weighted by atomic mass is 19.4. The number of halogens is 3. The van der Waals surface area contributed by atoms with Gasteiger partial charge in [0.15, 0.2) is 0 Å². The smallest absolute Gasteiger partial charge is 0.383 e. The van der Waals surface area contributed by atoms with Gasteiger partial charge in [-0.3, -0.25) is 0 Å². The number of nitrogens with zero attached hydrogens (tertiary/aromatic N) is 1. The van der Waals surface area contributed by atoms with Crippen molar-refractivity contribution in [1.82, 2.24) is 4.98 Å². The highest BCUT2D eigenvalue weighted by molar-refractivity contribution is 5.96. The van der Waals surface area contributed by atoms with Gasteiger partial charge in [0.1, 0.15) is 5.82 Å². The van der Waals surface area contributed by atoms with E-state index < -0.39 is 17.6 Å². The first kappa shape index (κ1) is 10.5. The van der Waals surface area contributed by atoms with E-state index in [1.54, 1.807) is 0 Å². The topological polar surface area (TPSA) is 62.8 Å². The van der Waals surface area contributed by atoms with Crippen molar-refractivity contribution < 1.29 is 13.2 Å². The SMILES string of the molecule is CC(=N)c1cnc(N)c(C(F)(F)F)c1. The van der Waals surface area contributed by atoms with Crippen LogP contribution in [0.4, 0.5) is 19.0 Å². The summed E-state index contributed by atoms with van der Waals surface area (Å²) in [5.74, 6) is -0.567. The molecular formula is C8H8F3N3. The molecule has 0 aliphatic carbocycles. The maximum atomic E-state index is 12.3. The first-order valence-corrected chi connectivity index (χ1v) is 3.70. The number of hydrogen-bond acceptors (Lipinski definition) is 3. The minimum Gasteiger partial charge on any atom is -0.383 e. The van der Waals surface area contributed by atoms with Gasteiger partial charge >= 0.3 is 6.18 Å². The lowest BCUT2D eigenvalue weighted by atomic mass is 10.1. The van der Waals surface area contributed by atoms with Crippen molar-refractivity contribution >= 4 is 11.5 Å². The van der Waals surface area contributed by atoms with E-state index in [0.717, 1.165) is 12.3 Å². The zero-order chi connectivity index (χ0) is 10.9. The molecule has 0 bridgehead atoms. The highest BCUT2D eigenvalue weighted by Crippen LogP contribution is 2.32. The van der Waals surface area contributed by atoms with Gasteiger partial charge < -0.3 is 11.1 Å². The minimum absolute atomic E-state index is 0.0167. The Bertz CT molecular complexity index is 371. The molecule has 1 aromatic heterocycles. The Morgan fingerprint density at radius 3 is 2.50 bits per heavy atom. The maximum Gasteiger partial charge on any atom is 0.419 e. The van der Waals surface area contributed by atoms with Crippen molar-refractivity contribution in [2.24, 2.45) is 0 Å². The predicted molar refractivity (Wildman–Crippen MR) is 46.2 cm³/mol. The summed E-state index contributed by atoms with van der Waals surface area (Å²) in [5, 5.41) is 7.16. The van der Waals surface area contributed by atoms with Crippen LogP contribution < -0.4 is 5.73 Å². The molecular weight excluding hydrogens is 195 g/mol. The number of alkyl halides is 3. The van der Waals surface area contributed by atoms with Crippen LogP contribution in [0.5, 0.6) is 0 Å². The van der Waals surface area contributed by atoms with Crippen molar-refractivity contribution in [3.8, 4) is 0 Å².